The SMILES string of the molecule is Cc1ccc(C)c(-n2c(=O)c(NC(=O)c3ccc(Cl)c(S(=O)(=O)N4CCC(Cc5ccccc5)CC4)c3)c(C)n2C)c1. The Bertz CT molecular complexity index is 1800. The second kappa shape index (κ2) is 11.9. The van der Waals surface area contributed by atoms with Gasteiger partial charge in [0.25, 0.3) is 11.5 Å². The molecule has 0 atom stereocenters. The van der Waals surface area contributed by atoms with Gasteiger partial charge in [-0.05, 0) is 86.9 Å². The number of aryl methyl sites for hydroxylation is 2. The fourth-order valence-electron chi connectivity index (χ4n) is 5.54. The van der Waals surface area contributed by atoms with Gasteiger partial charge in [-0.25, -0.2) is 13.1 Å². The van der Waals surface area contributed by atoms with Crippen LogP contribution in [0.2, 0.25) is 5.02 Å². The molecule has 8 nitrogen and oxygen atoms in total. The highest BCUT2D eigenvalue weighted by atomic mass is 35.5. The first-order valence-corrected chi connectivity index (χ1v) is 15.8. The molecule has 0 spiro atoms. The number of nitrogens with zero attached hydrogens (tertiary/aromatic N) is 3. The zero-order valence-electron chi connectivity index (χ0n) is 24.2. The van der Waals surface area contributed by atoms with E-state index in [2.05, 4.69) is 17.4 Å². The molecule has 5 rings (SSSR count). The summed E-state index contributed by atoms with van der Waals surface area (Å²) in [5.74, 6) is -0.197. The molecule has 1 aliphatic heterocycles. The van der Waals surface area contributed by atoms with Crippen molar-refractivity contribution in [2.75, 3.05) is 18.4 Å². The molecule has 1 saturated heterocycles. The van der Waals surface area contributed by atoms with E-state index in [-0.39, 0.29) is 26.7 Å². The smallest absolute Gasteiger partial charge is 0.295 e. The van der Waals surface area contributed by atoms with E-state index in [0.29, 0.717) is 24.7 Å². The second-order valence-corrected chi connectivity index (χ2v) is 13.3. The minimum atomic E-state index is -3.93. The molecule has 3 aromatic carbocycles. The molecule has 0 unspecified atom stereocenters. The number of hydrogen-bond acceptors (Lipinski definition) is 4. The Morgan fingerprint density at radius 3 is 2.36 bits per heavy atom. The van der Waals surface area contributed by atoms with Gasteiger partial charge in [-0.1, -0.05) is 54.1 Å². The van der Waals surface area contributed by atoms with E-state index in [0.717, 1.165) is 36.1 Å². The lowest BCUT2D eigenvalue weighted by Crippen LogP contribution is -2.39. The van der Waals surface area contributed by atoms with Crippen molar-refractivity contribution in [3.63, 3.8) is 0 Å². The normalized spacial score (nSPS) is 14.7. The Balaban J connectivity index is 1.36. The Morgan fingerprint density at radius 1 is 0.976 bits per heavy atom. The second-order valence-electron chi connectivity index (χ2n) is 11.0. The maximum atomic E-state index is 13.6. The van der Waals surface area contributed by atoms with Gasteiger partial charge in [-0.3, -0.25) is 14.3 Å². The highest BCUT2D eigenvalue weighted by Gasteiger charge is 2.32. The van der Waals surface area contributed by atoms with Gasteiger partial charge in [-0.15, -0.1) is 0 Å². The number of amides is 1. The van der Waals surface area contributed by atoms with Crippen LogP contribution in [0.3, 0.4) is 0 Å². The van der Waals surface area contributed by atoms with Crippen molar-refractivity contribution in [3.05, 3.63) is 110 Å². The van der Waals surface area contributed by atoms with Crippen molar-refractivity contribution in [2.24, 2.45) is 13.0 Å². The van der Waals surface area contributed by atoms with Crippen LogP contribution in [0.25, 0.3) is 5.69 Å². The number of nitrogens with one attached hydrogen (secondary N) is 1. The van der Waals surface area contributed by atoms with E-state index < -0.39 is 15.9 Å². The van der Waals surface area contributed by atoms with E-state index in [1.54, 1.807) is 18.7 Å². The van der Waals surface area contributed by atoms with Crippen molar-refractivity contribution in [2.45, 2.75) is 44.9 Å². The molecule has 10 heteroatoms. The van der Waals surface area contributed by atoms with Crippen LogP contribution in [-0.4, -0.2) is 41.1 Å². The third kappa shape index (κ3) is 5.82. The molecule has 1 aliphatic rings. The first kappa shape index (κ1) is 29.8. The number of rotatable bonds is 7. The van der Waals surface area contributed by atoms with Crippen molar-refractivity contribution in [3.8, 4) is 5.69 Å². The number of piperidine rings is 1. The summed E-state index contributed by atoms with van der Waals surface area (Å²) in [5.41, 5.74) is 4.29. The lowest BCUT2D eigenvalue weighted by molar-refractivity contribution is 0.102. The van der Waals surface area contributed by atoms with E-state index >= 15 is 0 Å². The van der Waals surface area contributed by atoms with Crippen LogP contribution in [0.15, 0.2) is 76.4 Å². The van der Waals surface area contributed by atoms with Crippen LogP contribution in [0.1, 0.15) is 45.6 Å². The van der Waals surface area contributed by atoms with Crippen molar-refractivity contribution in [1.29, 1.82) is 0 Å². The standard InChI is InChI=1S/C32H35ClN4O4S/c1-21-10-11-22(2)28(18-21)37-32(39)30(23(3)35(37)4)34-31(38)26-12-13-27(33)29(20-26)42(40,41)36-16-14-25(15-17-36)19-24-8-6-5-7-9-24/h5-13,18,20,25H,14-17,19H2,1-4H3,(H,34,38). The molecular formula is C32H35ClN4O4S. The van der Waals surface area contributed by atoms with Gasteiger partial charge < -0.3 is 5.32 Å². The molecule has 2 heterocycles. The van der Waals surface area contributed by atoms with Crippen molar-refractivity contribution in [1.82, 2.24) is 13.7 Å². The third-order valence-corrected chi connectivity index (χ3v) is 10.5. The quantitative estimate of drug-likeness (QED) is 0.294. The van der Waals surface area contributed by atoms with E-state index in [1.807, 2.05) is 50.2 Å². The number of aromatic nitrogens is 2. The zero-order valence-corrected chi connectivity index (χ0v) is 25.8. The van der Waals surface area contributed by atoms with Crippen LogP contribution in [0.5, 0.6) is 0 Å². The molecule has 1 amide bonds. The number of carbonyl (C=O) groups excluding carboxylic acids is 1. The molecule has 0 aliphatic carbocycles. The lowest BCUT2D eigenvalue weighted by Gasteiger charge is -2.31. The molecule has 0 radical (unpaired) electrons. The summed E-state index contributed by atoms with van der Waals surface area (Å²) < 4.78 is 31.9. The molecule has 1 aromatic heterocycles. The summed E-state index contributed by atoms with van der Waals surface area (Å²) in [6, 6.07) is 20.2. The number of sulfonamides is 1. The summed E-state index contributed by atoms with van der Waals surface area (Å²) in [4.78, 5) is 26.7. The van der Waals surface area contributed by atoms with Gasteiger partial charge in [0, 0.05) is 25.7 Å². The predicted octanol–water partition coefficient (Wildman–Crippen LogP) is 5.65. The number of benzene rings is 3. The molecular weight excluding hydrogens is 572 g/mol. The third-order valence-electron chi connectivity index (χ3n) is 8.14. The van der Waals surface area contributed by atoms with Crippen molar-refractivity contribution >= 4 is 33.2 Å². The monoisotopic (exact) mass is 606 g/mol. The van der Waals surface area contributed by atoms with Crippen LogP contribution in [-0.2, 0) is 23.5 Å². The summed E-state index contributed by atoms with van der Waals surface area (Å²) >= 11 is 6.38. The number of halogens is 1. The van der Waals surface area contributed by atoms with Crippen LogP contribution in [0, 0.1) is 26.7 Å². The summed E-state index contributed by atoms with van der Waals surface area (Å²) in [7, 11) is -2.18. The molecule has 1 N–H and O–H groups in total. The average Bonchev–Trinajstić information content (AvgIpc) is 3.18. The minimum absolute atomic E-state index is 0.0473. The molecule has 0 saturated carbocycles. The van der Waals surface area contributed by atoms with Crippen molar-refractivity contribution < 1.29 is 13.2 Å². The van der Waals surface area contributed by atoms with E-state index in [1.165, 1.54) is 32.7 Å². The Morgan fingerprint density at radius 2 is 1.67 bits per heavy atom. The minimum Gasteiger partial charge on any atom is -0.316 e. The maximum absolute atomic E-state index is 13.6. The molecule has 0 bridgehead atoms. The zero-order chi connectivity index (χ0) is 30.2. The number of anilines is 1. The fraction of sp³-hybridized carbons (Fsp3) is 0.312. The first-order chi connectivity index (χ1) is 20.0. The highest BCUT2D eigenvalue weighted by Crippen LogP contribution is 2.30. The number of hydrogen-bond donors (Lipinski definition) is 1. The Labute approximate surface area is 251 Å². The average molecular weight is 607 g/mol. The van der Waals surface area contributed by atoms with Gasteiger partial charge in [0.15, 0.2) is 0 Å². The van der Waals surface area contributed by atoms with Crippen LogP contribution < -0.4 is 10.9 Å². The summed E-state index contributed by atoms with van der Waals surface area (Å²) in [6.07, 6.45) is 2.40. The largest absolute Gasteiger partial charge is 0.316 e. The summed E-state index contributed by atoms with van der Waals surface area (Å²) in [6.45, 7) is 6.38. The first-order valence-electron chi connectivity index (χ1n) is 14.0. The molecule has 42 heavy (non-hydrogen) atoms. The topological polar surface area (TPSA) is 93.4 Å². The highest BCUT2D eigenvalue weighted by molar-refractivity contribution is 7.89. The van der Waals surface area contributed by atoms with E-state index in [9.17, 15) is 18.0 Å². The van der Waals surface area contributed by atoms with Gasteiger partial charge in [0.2, 0.25) is 10.0 Å². The van der Waals surface area contributed by atoms with E-state index in [4.69, 9.17) is 11.6 Å². The Kier molecular flexibility index (Phi) is 8.46. The van der Waals surface area contributed by atoms with Gasteiger partial charge in [-0.2, -0.15) is 4.31 Å². The van der Waals surface area contributed by atoms with Crippen LogP contribution >= 0.6 is 11.6 Å². The Hall–Kier alpha value is -3.66. The lowest BCUT2D eigenvalue weighted by atomic mass is 9.91. The number of carbonyl (C=O) groups is 1. The molecule has 1 fully saturated rings. The van der Waals surface area contributed by atoms with Crippen LogP contribution in [0.4, 0.5) is 5.69 Å². The van der Waals surface area contributed by atoms with Gasteiger partial charge in [0.05, 0.1) is 16.4 Å². The summed E-state index contributed by atoms with van der Waals surface area (Å²) in [5, 5.41) is 2.77. The predicted molar refractivity (Wildman–Crippen MR) is 166 cm³/mol. The molecule has 4 aromatic rings. The fourth-order valence-corrected chi connectivity index (χ4v) is 7.51. The molecule has 220 valence electrons. The van der Waals surface area contributed by atoms with Gasteiger partial charge in [0.1, 0.15) is 10.6 Å². The van der Waals surface area contributed by atoms with Gasteiger partial charge >= 0.3 is 0 Å². The maximum Gasteiger partial charge on any atom is 0.295 e.